The van der Waals surface area contributed by atoms with Gasteiger partial charge in [-0.2, -0.15) is 0 Å². The number of carboxylic acids is 1. The van der Waals surface area contributed by atoms with Crippen LogP contribution in [0.15, 0.2) is 48.5 Å². The van der Waals surface area contributed by atoms with Gasteiger partial charge in [-0.05, 0) is 36.6 Å². The Morgan fingerprint density at radius 2 is 1.97 bits per heavy atom. The molecule has 1 aliphatic rings. The fraction of sp³-hybridized carbons (Fsp3) is 0.318. The lowest BCUT2D eigenvalue weighted by Gasteiger charge is -2.21. The van der Waals surface area contributed by atoms with Crippen molar-refractivity contribution >= 4 is 29.2 Å². The third-order valence-corrected chi connectivity index (χ3v) is 4.99. The van der Waals surface area contributed by atoms with E-state index in [0.717, 1.165) is 11.3 Å². The average molecular weight is 395 g/mol. The van der Waals surface area contributed by atoms with Gasteiger partial charge in [0.25, 0.3) is 5.91 Å². The Hall–Kier alpha value is -3.35. The number of amides is 2. The molecule has 2 amide bonds. The first-order chi connectivity index (χ1) is 13.9. The molecular weight excluding hydrogens is 370 g/mol. The Kier molecular flexibility index (Phi) is 6.49. The van der Waals surface area contributed by atoms with Crippen molar-refractivity contribution in [1.29, 1.82) is 0 Å². The first-order valence-corrected chi connectivity index (χ1v) is 9.64. The Morgan fingerprint density at radius 3 is 2.69 bits per heavy atom. The predicted molar refractivity (Wildman–Crippen MR) is 111 cm³/mol. The number of hydrogen-bond donors (Lipinski definition) is 3. The quantitative estimate of drug-likeness (QED) is 0.669. The van der Waals surface area contributed by atoms with Crippen LogP contribution in [0.25, 0.3) is 0 Å². The highest BCUT2D eigenvalue weighted by molar-refractivity contribution is 6.01. The molecule has 0 radical (unpaired) electrons. The molecule has 1 heterocycles. The highest BCUT2D eigenvalue weighted by atomic mass is 16.4. The van der Waals surface area contributed by atoms with E-state index >= 15 is 0 Å². The SMILES string of the molecule is CN1CCC(=O)Nc2cc(C(=O)NC(CCC(=O)O)Cc3ccccc3)ccc21. The van der Waals surface area contributed by atoms with Gasteiger partial charge in [0.1, 0.15) is 0 Å². The van der Waals surface area contributed by atoms with Crippen LogP contribution < -0.4 is 15.5 Å². The van der Waals surface area contributed by atoms with Crippen LogP contribution in [-0.4, -0.2) is 42.5 Å². The van der Waals surface area contributed by atoms with Gasteiger partial charge >= 0.3 is 5.97 Å². The number of aliphatic carboxylic acids is 1. The third-order valence-electron chi connectivity index (χ3n) is 4.99. The number of carbonyl (C=O) groups is 3. The maximum absolute atomic E-state index is 12.8. The van der Waals surface area contributed by atoms with Gasteiger partial charge in [0.05, 0.1) is 11.4 Å². The molecular formula is C22H25N3O4. The van der Waals surface area contributed by atoms with Crippen LogP contribution in [0.4, 0.5) is 11.4 Å². The Morgan fingerprint density at radius 1 is 1.21 bits per heavy atom. The molecule has 0 aliphatic carbocycles. The van der Waals surface area contributed by atoms with Crippen molar-refractivity contribution in [3.63, 3.8) is 0 Å². The summed E-state index contributed by atoms with van der Waals surface area (Å²) in [6, 6.07) is 14.5. The summed E-state index contributed by atoms with van der Waals surface area (Å²) < 4.78 is 0. The number of carboxylic acid groups (broad SMARTS) is 1. The van der Waals surface area contributed by atoms with Crippen LogP contribution in [0.2, 0.25) is 0 Å². The lowest BCUT2D eigenvalue weighted by molar-refractivity contribution is -0.137. The van der Waals surface area contributed by atoms with E-state index in [9.17, 15) is 14.4 Å². The molecule has 3 rings (SSSR count). The van der Waals surface area contributed by atoms with Gasteiger partial charge in [0.15, 0.2) is 0 Å². The minimum atomic E-state index is -0.895. The van der Waals surface area contributed by atoms with Gasteiger partial charge in [-0.3, -0.25) is 14.4 Å². The van der Waals surface area contributed by atoms with Gasteiger partial charge in [-0.15, -0.1) is 0 Å². The summed E-state index contributed by atoms with van der Waals surface area (Å²) in [6.45, 7) is 0.610. The van der Waals surface area contributed by atoms with Crippen LogP contribution >= 0.6 is 0 Å². The number of carbonyl (C=O) groups excluding carboxylic acids is 2. The van der Waals surface area contributed by atoms with E-state index in [-0.39, 0.29) is 24.3 Å². The van der Waals surface area contributed by atoms with Gasteiger partial charge < -0.3 is 20.6 Å². The highest BCUT2D eigenvalue weighted by Gasteiger charge is 2.20. The molecule has 0 fully saturated rings. The van der Waals surface area contributed by atoms with Gasteiger partial charge in [0, 0.05) is 38.0 Å². The van der Waals surface area contributed by atoms with Crippen LogP contribution in [0.3, 0.4) is 0 Å². The second kappa shape index (κ2) is 9.23. The van der Waals surface area contributed by atoms with E-state index in [1.807, 2.05) is 48.3 Å². The smallest absolute Gasteiger partial charge is 0.303 e. The Balaban J connectivity index is 1.76. The molecule has 0 saturated heterocycles. The van der Waals surface area contributed by atoms with E-state index in [4.69, 9.17) is 5.11 Å². The fourth-order valence-electron chi connectivity index (χ4n) is 3.40. The summed E-state index contributed by atoms with van der Waals surface area (Å²) in [5.74, 6) is -1.27. The van der Waals surface area contributed by atoms with Gasteiger partial charge in [0.2, 0.25) is 5.91 Å². The molecule has 1 unspecified atom stereocenters. The number of hydrogen-bond acceptors (Lipinski definition) is 4. The number of rotatable bonds is 7. The second-order valence-corrected chi connectivity index (χ2v) is 7.24. The first-order valence-electron chi connectivity index (χ1n) is 9.64. The summed E-state index contributed by atoms with van der Waals surface area (Å²) in [5.41, 5.74) is 2.92. The molecule has 152 valence electrons. The van der Waals surface area contributed by atoms with Crippen molar-refractivity contribution in [3.8, 4) is 0 Å². The standard InChI is InChI=1S/C22H25N3O4/c1-25-12-11-20(26)24-18-14-16(7-9-19(18)25)22(29)23-17(8-10-21(27)28)13-15-5-3-2-4-6-15/h2-7,9,14,17H,8,10-13H2,1H3,(H,23,29)(H,24,26)(H,27,28). The van der Waals surface area contributed by atoms with Crippen LogP contribution in [0.5, 0.6) is 0 Å². The number of fused-ring (bicyclic) bond motifs is 1. The molecule has 29 heavy (non-hydrogen) atoms. The van der Waals surface area contributed by atoms with Crippen molar-refractivity contribution in [2.24, 2.45) is 0 Å². The summed E-state index contributed by atoms with van der Waals surface area (Å²) in [7, 11) is 1.90. The fourth-order valence-corrected chi connectivity index (χ4v) is 3.40. The Bertz CT molecular complexity index is 898. The van der Waals surface area contributed by atoms with Crippen LogP contribution in [-0.2, 0) is 16.0 Å². The molecule has 0 aromatic heterocycles. The largest absolute Gasteiger partial charge is 0.481 e. The number of nitrogens with one attached hydrogen (secondary N) is 2. The molecule has 1 aliphatic heterocycles. The van der Waals surface area contributed by atoms with Gasteiger partial charge in [-0.25, -0.2) is 0 Å². The number of benzene rings is 2. The second-order valence-electron chi connectivity index (χ2n) is 7.24. The van der Waals surface area contributed by atoms with Crippen molar-refractivity contribution in [3.05, 3.63) is 59.7 Å². The zero-order valence-electron chi connectivity index (χ0n) is 16.4. The van der Waals surface area contributed by atoms with Crippen molar-refractivity contribution in [2.45, 2.75) is 31.7 Å². The average Bonchev–Trinajstić information content (AvgIpc) is 2.84. The zero-order valence-corrected chi connectivity index (χ0v) is 16.4. The molecule has 3 N–H and O–H groups in total. The predicted octanol–water partition coefficient (Wildman–Crippen LogP) is 2.67. The molecule has 2 aromatic rings. The summed E-state index contributed by atoms with van der Waals surface area (Å²) in [5, 5.41) is 14.8. The molecule has 0 bridgehead atoms. The van der Waals surface area contributed by atoms with E-state index in [2.05, 4.69) is 10.6 Å². The van der Waals surface area contributed by atoms with E-state index in [1.165, 1.54) is 0 Å². The molecule has 1 atom stereocenters. The maximum atomic E-state index is 12.8. The molecule has 0 spiro atoms. The highest BCUT2D eigenvalue weighted by Crippen LogP contribution is 2.29. The number of nitrogens with zero attached hydrogens (tertiary/aromatic N) is 1. The minimum Gasteiger partial charge on any atom is -0.481 e. The van der Waals surface area contributed by atoms with Crippen molar-refractivity contribution < 1.29 is 19.5 Å². The minimum absolute atomic E-state index is 0.0250. The van der Waals surface area contributed by atoms with Gasteiger partial charge in [-0.1, -0.05) is 30.3 Å². The lowest BCUT2D eigenvalue weighted by atomic mass is 10.0. The summed E-state index contributed by atoms with van der Waals surface area (Å²) in [6.07, 6.45) is 1.24. The number of anilines is 2. The summed E-state index contributed by atoms with van der Waals surface area (Å²) in [4.78, 5) is 37.7. The van der Waals surface area contributed by atoms with Crippen LogP contribution in [0.1, 0.15) is 35.2 Å². The normalized spacial score (nSPS) is 14.4. The van der Waals surface area contributed by atoms with E-state index in [0.29, 0.717) is 37.1 Å². The van der Waals surface area contributed by atoms with E-state index < -0.39 is 5.97 Å². The molecule has 7 nitrogen and oxygen atoms in total. The van der Waals surface area contributed by atoms with E-state index in [1.54, 1.807) is 12.1 Å². The maximum Gasteiger partial charge on any atom is 0.303 e. The third kappa shape index (κ3) is 5.57. The topological polar surface area (TPSA) is 98.7 Å². The van der Waals surface area contributed by atoms with Crippen molar-refractivity contribution in [2.75, 3.05) is 23.8 Å². The Labute approximate surface area is 169 Å². The monoisotopic (exact) mass is 395 g/mol. The lowest BCUT2D eigenvalue weighted by Crippen LogP contribution is -2.37. The summed E-state index contributed by atoms with van der Waals surface area (Å²) >= 11 is 0. The first kappa shape index (κ1) is 20.4. The molecule has 0 saturated carbocycles. The molecule has 2 aromatic carbocycles. The van der Waals surface area contributed by atoms with Crippen molar-refractivity contribution in [1.82, 2.24) is 5.32 Å². The molecule has 7 heteroatoms. The van der Waals surface area contributed by atoms with Crippen LogP contribution in [0, 0.1) is 0 Å². The zero-order chi connectivity index (χ0) is 20.8.